The second kappa shape index (κ2) is 3.70. The van der Waals surface area contributed by atoms with Crippen LogP contribution in [0, 0.1) is 6.92 Å². The third kappa shape index (κ3) is 2.07. The second-order valence-corrected chi connectivity index (χ2v) is 3.55. The molecular formula is C11H17N. The van der Waals surface area contributed by atoms with Gasteiger partial charge in [0.15, 0.2) is 0 Å². The number of aromatic nitrogens is 1. The van der Waals surface area contributed by atoms with Crippen LogP contribution in [0.2, 0.25) is 0 Å². The molecular weight excluding hydrogens is 146 g/mol. The quantitative estimate of drug-likeness (QED) is 0.653. The average molecular weight is 163 g/mol. The molecule has 0 radical (unpaired) electrons. The summed E-state index contributed by atoms with van der Waals surface area (Å²) in [6, 6.07) is 4.36. The first kappa shape index (κ1) is 9.24. The summed E-state index contributed by atoms with van der Waals surface area (Å²) >= 11 is 0. The molecule has 0 atom stereocenters. The van der Waals surface area contributed by atoms with E-state index in [0.717, 1.165) is 12.1 Å². The van der Waals surface area contributed by atoms with E-state index in [4.69, 9.17) is 0 Å². The zero-order chi connectivity index (χ0) is 9.14. The van der Waals surface area contributed by atoms with Gasteiger partial charge in [0, 0.05) is 11.4 Å². The van der Waals surface area contributed by atoms with Crippen LogP contribution in [0.1, 0.15) is 43.6 Å². The van der Waals surface area contributed by atoms with Crippen molar-refractivity contribution in [3.05, 3.63) is 29.1 Å². The summed E-state index contributed by atoms with van der Waals surface area (Å²) in [6.45, 7) is 8.60. The number of hydrogen-bond donors (Lipinski definition) is 0. The van der Waals surface area contributed by atoms with Crippen LogP contribution in [-0.4, -0.2) is 4.98 Å². The fourth-order valence-corrected chi connectivity index (χ4v) is 1.27. The van der Waals surface area contributed by atoms with Gasteiger partial charge in [0.1, 0.15) is 0 Å². The number of nitrogens with zero attached hydrogens (tertiary/aromatic N) is 1. The summed E-state index contributed by atoms with van der Waals surface area (Å²) in [7, 11) is 0. The molecule has 0 unspecified atom stereocenters. The van der Waals surface area contributed by atoms with Crippen molar-refractivity contribution >= 4 is 0 Å². The van der Waals surface area contributed by atoms with E-state index in [9.17, 15) is 0 Å². The van der Waals surface area contributed by atoms with Gasteiger partial charge in [-0.15, -0.1) is 0 Å². The second-order valence-electron chi connectivity index (χ2n) is 3.55. The van der Waals surface area contributed by atoms with Crippen LogP contribution in [0.3, 0.4) is 0 Å². The molecule has 1 nitrogen and oxygen atoms in total. The molecule has 0 aliphatic rings. The monoisotopic (exact) mass is 163 g/mol. The lowest BCUT2D eigenvalue weighted by Gasteiger charge is -2.07. The van der Waals surface area contributed by atoms with Crippen molar-refractivity contribution in [3.8, 4) is 0 Å². The summed E-state index contributed by atoms with van der Waals surface area (Å²) < 4.78 is 0. The number of aryl methyl sites for hydroxylation is 2. The van der Waals surface area contributed by atoms with Crippen molar-refractivity contribution in [2.24, 2.45) is 0 Å². The van der Waals surface area contributed by atoms with Gasteiger partial charge in [0.05, 0.1) is 0 Å². The standard InChI is InChI=1S/C11H17N/c1-5-10-6-9(4)12-11(7-10)8(2)3/h6-8H,5H2,1-4H3. The summed E-state index contributed by atoms with van der Waals surface area (Å²) in [5.41, 5.74) is 3.75. The maximum absolute atomic E-state index is 4.48. The molecule has 1 aromatic rings. The van der Waals surface area contributed by atoms with E-state index in [0.29, 0.717) is 5.92 Å². The first-order valence-corrected chi connectivity index (χ1v) is 4.61. The van der Waals surface area contributed by atoms with E-state index in [2.05, 4.69) is 44.8 Å². The average Bonchev–Trinajstić information content (AvgIpc) is 2.03. The molecule has 12 heavy (non-hydrogen) atoms. The van der Waals surface area contributed by atoms with E-state index < -0.39 is 0 Å². The van der Waals surface area contributed by atoms with E-state index in [-0.39, 0.29) is 0 Å². The first-order chi connectivity index (χ1) is 5.63. The normalized spacial score (nSPS) is 10.8. The van der Waals surface area contributed by atoms with Crippen molar-refractivity contribution in [3.63, 3.8) is 0 Å². The molecule has 0 aromatic carbocycles. The summed E-state index contributed by atoms with van der Waals surface area (Å²) in [5.74, 6) is 0.537. The minimum atomic E-state index is 0.537. The van der Waals surface area contributed by atoms with Gasteiger partial charge in [-0.05, 0) is 37.0 Å². The predicted molar refractivity (Wildman–Crippen MR) is 52.4 cm³/mol. The van der Waals surface area contributed by atoms with E-state index in [1.165, 1.54) is 11.3 Å². The van der Waals surface area contributed by atoms with E-state index in [1.807, 2.05) is 0 Å². The molecule has 66 valence electrons. The predicted octanol–water partition coefficient (Wildman–Crippen LogP) is 3.08. The highest BCUT2D eigenvalue weighted by Crippen LogP contribution is 2.14. The Hall–Kier alpha value is -0.850. The third-order valence-corrected chi connectivity index (χ3v) is 2.03. The minimum Gasteiger partial charge on any atom is -0.258 e. The van der Waals surface area contributed by atoms with Crippen molar-refractivity contribution in [2.75, 3.05) is 0 Å². The minimum absolute atomic E-state index is 0.537. The van der Waals surface area contributed by atoms with Gasteiger partial charge in [-0.2, -0.15) is 0 Å². The van der Waals surface area contributed by atoms with Crippen LogP contribution in [0.5, 0.6) is 0 Å². The molecule has 0 bridgehead atoms. The Morgan fingerprint density at radius 2 is 2.00 bits per heavy atom. The van der Waals surface area contributed by atoms with Crippen molar-refractivity contribution in [2.45, 2.75) is 40.0 Å². The van der Waals surface area contributed by atoms with Crippen molar-refractivity contribution in [1.82, 2.24) is 4.98 Å². The van der Waals surface area contributed by atoms with Crippen LogP contribution in [0.25, 0.3) is 0 Å². The first-order valence-electron chi connectivity index (χ1n) is 4.61. The van der Waals surface area contributed by atoms with Crippen LogP contribution in [0.15, 0.2) is 12.1 Å². The summed E-state index contributed by atoms with van der Waals surface area (Å²) in [6.07, 6.45) is 1.10. The molecule has 0 aliphatic carbocycles. The van der Waals surface area contributed by atoms with Gasteiger partial charge in [-0.25, -0.2) is 0 Å². The van der Waals surface area contributed by atoms with Gasteiger partial charge >= 0.3 is 0 Å². The number of pyridine rings is 1. The lowest BCUT2D eigenvalue weighted by Crippen LogP contribution is -1.96. The highest BCUT2D eigenvalue weighted by atomic mass is 14.7. The van der Waals surface area contributed by atoms with Crippen LogP contribution < -0.4 is 0 Å². The summed E-state index contributed by atoms with van der Waals surface area (Å²) in [4.78, 5) is 4.48. The number of hydrogen-bond acceptors (Lipinski definition) is 1. The maximum Gasteiger partial charge on any atom is 0.0434 e. The largest absolute Gasteiger partial charge is 0.258 e. The SMILES string of the molecule is CCc1cc(C)nc(C(C)C)c1. The molecule has 0 N–H and O–H groups in total. The van der Waals surface area contributed by atoms with Crippen LogP contribution >= 0.6 is 0 Å². The van der Waals surface area contributed by atoms with Gasteiger partial charge in [-0.1, -0.05) is 20.8 Å². The molecule has 0 saturated carbocycles. The Morgan fingerprint density at radius 1 is 1.33 bits per heavy atom. The molecule has 1 aromatic heterocycles. The molecule has 1 heteroatoms. The fraction of sp³-hybridized carbons (Fsp3) is 0.545. The van der Waals surface area contributed by atoms with Crippen LogP contribution in [0.4, 0.5) is 0 Å². The van der Waals surface area contributed by atoms with E-state index >= 15 is 0 Å². The van der Waals surface area contributed by atoms with Gasteiger partial charge < -0.3 is 0 Å². The van der Waals surface area contributed by atoms with Crippen molar-refractivity contribution < 1.29 is 0 Å². The molecule has 1 heterocycles. The van der Waals surface area contributed by atoms with Crippen LogP contribution in [-0.2, 0) is 6.42 Å². The lowest BCUT2D eigenvalue weighted by atomic mass is 10.1. The molecule has 0 spiro atoms. The number of rotatable bonds is 2. The van der Waals surface area contributed by atoms with Gasteiger partial charge in [0.25, 0.3) is 0 Å². The Labute approximate surface area is 74.8 Å². The zero-order valence-corrected chi connectivity index (χ0v) is 8.39. The Morgan fingerprint density at radius 3 is 2.50 bits per heavy atom. The van der Waals surface area contributed by atoms with Crippen molar-refractivity contribution in [1.29, 1.82) is 0 Å². The smallest absolute Gasteiger partial charge is 0.0434 e. The van der Waals surface area contributed by atoms with E-state index in [1.54, 1.807) is 0 Å². The highest BCUT2D eigenvalue weighted by molar-refractivity contribution is 5.22. The molecule has 0 fully saturated rings. The Bertz CT molecular complexity index is 264. The zero-order valence-electron chi connectivity index (χ0n) is 8.39. The van der Waals surface area contributed by atoms with Gasteiger partial charge in [-0.3, -0.25) is 4.98 Å². The third-order valence-electron chi connectivity index (χ3n) is 2.03. The summed E-state index contributed by atoms with van der Waals surface area (Å²) in [5, 5.41) is 0. The lowest BCUT2D eigenvalue weighted by molar-refractivity contribution is 0.810. The maximum atomic E-state index is 4.48. The molecule has 0 aliphatic heterocycles. The Kier molecular flexibility index (Phi) is 2.85. The highest BCUT2D eigenvalue weighted by Gasteiger charge is 2.02. The molecule has 1 rings (SSSR count). The molecule has 0 saturated heterocycles. The molecule has 0 amide bonds. The topological polar surface area (TPSA) is 12.9 Å². The fourth-order valence-electron chi connectivity index (χ4n) is 1.27. The Balaban J connectivity index is 3.06. The van der Waals surface area contributed by atoms with Gasteiger partial charge in [0.2, 0.25) is 0 Å².